The average Bonchev–Trinajstić information content (AvgIpc) is 2.78. The highest BCUT2D eigenvalue weighted by atomic mass is 19.1. The van der Waals surface area contributed by atoms with Gasteiger partial charge in [0, 0.05) is 5.56 Å². The molecule has 0 radical (unpaired) electrons. The average molecular weight is 445 g/mol. The van der Waals surface area contributed by atoms with E-state index in [-0.39, 0.29) is 28.5 Å². The van der Waals surface area contributed by atoms with E-state index >= 15 is 0 Å². The number of carbonyl (C=O) groups excluding carboxylic acids is 3. The molecule has 0 bridgehead atoms. The Balaban J connectivity index is 2.42. The van der Waals surface area contributed by atoms with Gasteiger partial charge in [-0.1, -0.05) is 12.1 Å². The summed E-state index contributed by atoms with van der Waals surface area (Å²) >= 11 is 0. The highest BCUT2D eigenvalue weighted by molar-refractivity contribution is 6.06. The lowest BCUT2D eigenvalue weighted by atomic mass is 10.1. The summed E-state index contributed by atoms with van der Waals surface area (Å²) in [6, 6.07) is 6.56. The first-order valence-corrected chi connectivity index (χ1v) is 9.30. The number of halogens is 1. The number of benzene rings is 2. The summed E-state index contributed by atoms with van der Waals surface area (Å²) in [6.45, 7) is 1.21. The van der Waals surface area contributed by atoms with Crippen LogP contribution in [0.4, 0.5) is 4.39 Å². The Morgan fingerprint density at radius 3 is 2.03 bits per heavy atom. The minimum Gasteiger partial charge on any atom is -0.548 e. The van der Waals surface area contributed by atoms with Gasteiger partial charge in [-0.15, -0.1) is 0 Å². The molecule has 0 saturated heterocycles. The molecule has 9 nitrogen and oxygen atoms in total. The molecule has 0 aliphatic heterocycles. The number of rotatable bonds is 9. The van der Waals surface area contributed by atoms with Crippen LogP contribution in [0.2, 0.25) is 0 Å². The normalized spacial score (nSPS) is 11.8. The lowest BCUT2D eigenvalue weighted by Gasteiger charge is -2.17. The molecule has 0 aliphatic rings. The molecule has 0 saturated carbocycles. The van der Waals surface area contributed by atoms with Crippen molar-refractivity contribution in [1.29, 1.82) is 0 Å². The van der Waals surface area contributed by atoms with Crippen LogP contribution in [-0.2, 0) is 9.59 Å². The number of aliphatic carboxylic acids is 1. The second kappa shape index (κ2) is 10.8. The van der Waals surface area contributed by atoms with Crippen LogP contribution in [-0.4, -0.2) is 45.2 Å². The van der Waals surface area contributed by atoms with Crippen LogP contribution in [0.25, 0.3) is 6.08 Å². The van der Waals surface area contributed by atoms with Crippen molar-refractivity contribution < 1.29 is 38.1 Å². The lowest BCUT2D eigenvalue weighted by molar-refractivity contribution is -0.307. The fourth-order valence-corrected chi connectivity index (χ4v) is 2.62. The van der Waals surface area contributed by atoms with Crippen molar-refractivity contribution in [2.45, 2.75) is 13.0 Å². The van der Waals surface area contributed by atoms with E-state index in [1.54, 1.807) is 0 Å². The summed E-state index contributed by atoms with van der Waals surface area (Å²) in [6.07, 6.45) is 1.27. The summed E-state index contributed by atoms with van der Waals surface area (Å²) in [5.74, 6) is -2.88. The molecular formula is C22H22FN2O7-. The number of ether oxygens (including phenoxy) is 3. The third-order valence-electron chi connectivity index (χ3n) is 4.30. The molecule has 2 aromatic rings. The molecule has 2 N–H and O–H groups in total. The summed E-state index contributed by atoms with van der Waals surface area (Å²) in [7, 11) is 4.17. The summed E-state index contributed by atoms with van der Waals surface area (Å²) < 4.78 is 28.9. The smallest absolute Gasteiger partial charge is 0.268 e. The van der Waals surface area contributed by atoms with Gasteiger partial charge in [-0.05, 0) is 42.8 Å². The molecule has 0 aromatic heterocycles. The minimum atomic E-state index is -1.50. The number of nitrogens with one attached hydrogen (secondary N) is 2. The number of carboxylic acid groups (broad SMARTS) is 1. The zero-order chi connectivity index (χ0) is 23.8. The van der Waals surface area contributed by atoms with Gasteiger partial charge in [-0.2, -0.15) is 0 Å². The van der Waals surface area contributed by atoms with Gasteiger partial charge in [-0.3, -0.25) is 9.59 Å². The summed E-state index contributed by atoms with van der Waals surface area (Å²) in [5.41, 5.74) is 0.191. The molecule has 32 heavy (non-hydrogen) atoms. The van der Waals surface area contributed by atoms with Gasteiger partial charge in [-0.25, -0.2) is 4.39 Å². The lowest BCUT2D eigenvalue weighted by Crippen LogP contribution is -2.48. The molecule has 0 spiro atoms. The zero-order valence-electron chi connectivity index (χ0n) is 17.9. The minimum absolute atomic E-state index is 0.0743. The molecule has 2 aromatic carbocycles. The number of hydrogen-bond donors (Lipinski definition) is 2. The Labute approximate surface area is 183 Å². The number of amides is 2. The Bertz CT molecular complexity index is 1010. The molecule has 170 valence electrons. The van der Waals surface area contributed by atoms with Crippen LogP contribution < -0.4 is 30.0 Å². The second-order valence-electron chi connectivity index (χ2n) is 6.49. The molecule has 2 rings (SSSR count). The predicted molar refractivity (Wildman–Crippen MR) is 111 cm³/mol. The van der Waals surface area contributed by atoms with E-state index < -0.39 is 29.6 Å². The molecule has 2 amide bonds. The number of carbonyl (C=O) groups is 3. The molecule has 1 atom stereocenters. The number of hydrogen-bond acceptors (Lipinski definition) is 7. The molecule has 0 fully saturated rings. The fourth-order valence-electron chi connectivity index (χ4n) is 2.62. The maximum atomic E-state index is 13.2. The van der Waals surface area contributed by atoms with Crippen LogP contribution in [0.1, 0.15) is 22.8 Å². The van der Waals surface area contributed by atoms with Crippen LogP contribution >= 0.6 is 0 Å². The van der Waals surface area contributed by atoms with Gasteiger partial charge in [0.25, 0.3) is 11.8 Å². The highest BCUT2D eigenvalue weighted by Crippen LogP contribution is 2.38. The maximum absolute atomic E-state index is 13.2. The quantitative estimate of drug-likeness (QED) is 0.549. The SMILES string of the molecule is COc1cc(C(=O)N/C(=C\c2ccc(F)cc2)C(=O)N[C@@H](C)C(=O)[O-])cc(OC)c1OC. The maximum Gasteiger partial charge on any atom is 0.268 e. The Morgan fingerprint density at radius 2 is 1.56 bits per heavy atom. The van der Waals surface area contributed by atoms with Crippen molar-refractivity contribution >= 4 is 23.9 Å². The molecule has 0 heterocycles. The monoisotopic (exact) mass is 445 g/mol. The van der Waals surface area contributed by atoms with E-state index in [1.165, 1.54) is 70.7 Å². The van der Waals surface area contributed by atoms with Gasteiger partial charge < -0.3 is 34.7 Å². The summed E-state index contributed by atoms with van der Waals surface area (Å²) in [4.78, 5) is 36.5. The third-order valence-corrected chi connectivity index (χ3v) is 4.30. The van der Waals surface area contributed by atoms with Crippen molar-refractivity contribution in [3.63, 3.8) is 0 Å². The second-order valence-corrected chi connectivity index (χ2v) is 6.49. The predicted octanol–water partition coefficient (Wildman–Crippen LogP) is 0.877. The van der Waals surface area contributed by atoms with E-state index in [0.29, 0.717) is 5.56 Å². The van der Waals surface area contributed by atoms with Crippen LogP contribution in [0.5, 0.6) is 17.2 Å². The van der Waals surface area contributed by atoms with Crippen LogP contribution in [0, 0.1) is 5.82 Å². The van der Waals surface area contributed by atoms with Crippen molar-refractivity contribution in [3.05, 3.63) is 59.0 Å². The van der Waals surface area contributed by atoms with E-state index in [9.17, 15) is 23.9 Å². The van der Waals surface area contributed by atoms with Gasteiger partial charge >= 0.3 is 0 Å². The van der Waals surface area contributed by atoms with Gasteiger partial charge in [0.2, 0.25) is 5.75 Å². The van der Waals surface area contributed by atoms with Crippen LogP contribution in [0.15, 0.2) is 42.1 Å². The van der Waals surface area contributed by atoms with Crippen molar-refractivity contribution in [3.8, 4) is 17.2 Å². The Kier molecular flexibility index (Phi) is 8.17. The highest BCUT2D eigenvalue weighted by Gasteiger charge is 2.20. The Hall–Kier alpha value is -4.08. The van der Waals surface area contributed by atoms with Crippen LogP contribution in [0.3, 0.4) is 0 Å². The first-order valence-electron chi connectivity index (χ1n) is 9.30. The van der Waals surface area contributed by atoms with E-state index in [0.717, 1.165) is 0 Å². The van der Waals surface area contributed by atoms with Crippen molar-refractivity contribution in [2.24, 2.45) is 0 Å². The van der Waals surface area contributed by atoms with Gasteiger partial charge in [0.15, 0.2) is 11.5 Å². The zero-order valence-corrected chi connectivity index (χ0v) is 17.9. The first-order chi connectivity index (χ1) is 15.2. The fraction of sp³-hybridized carbons (Fsp3) is 0.227. The standard InChI is InChI=1S/C22H23FN2O7/c1-12(22(28)29)24-21(27)16(9-13-5-7-15(23)8-6-13)25-20(26)14-10-17(30-2)19(32-4)18(11-14)31-3/h5-12H,1-4H3,(H,24,27)(H,25,26)(H,28,29)/p-1/b16-9-/t12-/m0/s1. The molecule has 0 aliphatic carbocycles. The molecule has 10 heteroatoms. The van der Waals surface area contributed by atoms with Crippen molar-refractivity contribution in [2.75, 3.05) is 21.3 Å². The van der Waals surface area contributed by atoms with E-state index in [1.807, 2.05) is 0 Å². The van der Waals surface area contributed by atoms with Gasteiger partial charge in [0.1, 0.15) is 11.5 Å². The molecule has 0 unspecified atom stereocenters. The van der Waals surface area contributed by atoms with Gasteiger partial charge in [0.05, 0.1) is 33.3 Å². The van der Waals surface area contributed by atoms with E-state index in [4.69, 9.17) is 14.2 Å². The number of methoxy groups -OCH3 is 3. The van der Waals surface area contributed by atoms with E-state index in [2.05, 4.69) is 10.6 Å². The Morgan fingerprint density at radius 1 is 1.00 bits per heavy atom. The topological polar surface area (TPSA) is 126 Å². The number of carboxylic acids is 1. The van der Waals surface area contributed by atoms with Crippen molar-refractivity contribution in [1.82, 2.24) is 10.6 Å². The largest absolute Gasteiger partial charge is 0.548 e. The first kappa shape index (κ1) is 24.2. The molecular weight excluding hydrogens is 423 g/mol. The third kappa shape index (κ3) is 5.97. The summed E-state index contributed by atoms with van der Waals surface area (Å²) in [5, 5.41) is 15.6.